The average molecular weight is 270 g/mol. The van der Waals surface area contributed by atoms with Crippen molar-refractivity contribution < 1.29 is 14.7 Å². The van der Waals surface area contributed by atoms with Gasteiger partial charge < -0.3 is 10.4 Å². The Labute approximate surface area is 111 Å². The fourth-order valence-electron chi connectivity index (χ4n) is 1.44. The molecule has 2 unspecified atom stereocenters. The van der Waals surface area contributed by atoms with Crippen LogP contribution in [0, 0.1) is 11.8 Å². The van der Waals surface area contributed by atoms with E-state index in [0.717, 1.165) is 5.56 Å². The zero-order valence-electron chi connectivity index (χ0n) is 10.3. The van der Waals surface area contributed by atoms with Crippen LogP contribution in [0.15, 0.2) is 24.3 Å². The van der Waals surface area contributed by atoms with Crippen LogP contribution in [0.25, 0.3) is 0 Å². The molecular formula is C13H16ClNO3. The molecule has 0 fully saturated rings. The lowest BCUT2D eigenvalue weighted by atomic mass is 9.95. The van der Waals surface area contributed by atoms with Crippen LogP contribution in [0.3, 0.4) is 0 Å². The van der Waals surface area contributed by atoms with E-state index in [9.17, 15) is 9.59 Å². The number of amides is 1. The number of hydrogen-bond acceptors (Lipinski definition) is 2. The maximum atomic E-state index is 11.7. The van der Waals surface area contributed by atoms with Gasteiger partial charge in [0, 0.05) is 17.5 Å². The van der Waals surface area contributed by atoms with E-state index >= 15 is 0 Å². The number of carbonyl (C=O) groups excluding carboxylic acids is 1. The first-order chi connectivity index (χ1) is 8.41. The molecule has 1 rings (SSSR count). The second kappa shape index (κ2) is 6.40. The summed E-state index contributed by atoms with van der Waals surface area (Å²) in [4.78, 5) is 22.5. The van der Waals surface area contributed by atoms with Gasteiger partial charge in [-0.05, 0) is 17.7 Å². The smallest absolute Gasteiger partial charge is 0.307 e. The fourth-order valence-corrected chi connectivity index (χ4v) is 1.65. The molecule has 1 aromatic carbocycles. The van der Waals surface area contributed by atoms with Crippen molar-refractivity contribution in [3.63, 3.8) is 0 Å². The number of aliphatic carboxylic acids is 1. The molecule has 0 bridgehead atoms. The van der Waals surface area contributed by atoms with Gasteiger partial charge in [-0.25, -0.2) is 0 Å². The number of carboxylic acids is 1. The van der Waals surface area contributed by atoms with Gasteiger partial charge in [0.1, 0.15) is 0 Å². The van der Waals surface area contributed by atoms with Gasteiger partial charge in [0.25, 0.3) is 0 Å². The van der Waals surface area contributed by atoms with Crippen molar-refractivity contribution in [3.05, 3.63) is 34.9 Å². The summed E-state index contributed by atoms with van der Waals surface area (Å²) in [5, 5.41) is 12.1. The minimum atomic E-state index is -0.972. The molecule has 0 radical (unpaired) electrons. The first-order valence-corrected chi connectivity index (χ1v) is 6.04. The van der Waals surface area contributed by atoms with E-state index in [1.54, 1.807) is 25.1 Å². The highest BCUT2D eigenvalue weighted by Crippen LogP contribution is 2.13. The molecule has 5 heteroatoms. The normalized spacial score (nSPS) is 13.7. The Morgan fingerprint density at radius 2 is 2.00 bits per heavy atom. The maximum Gasteiger partial charge on any atom is 0.307 e. The average Bonchev–Trinajstić information content (AvgIpc) is 2.34. The number of carbonyl (C=O) groups is 2. The van der Waals surface area contributed by atoms with Gasteiger partial charge in [0.15, 0.2) is 0 Å². The second-order valence-corrected chi connectivity index (χ2v) is 4.70. The largest absolute Gasteiger partial charge is 0.481 e. The first-order valence-electron chi connectivity index (χ1n) is 5.66. The molecule has 18 heavy (non-hydrogen) atoms. The summed E-state index contributed by atoms with van der Waals surface area (Å²) in [5.74, 6) is -2.52. The van der Waals surface area contributed by atoms with Gasteiger partial charge in [-0.1, -0.05) is 37.6 Å². The summed E-state index contributed by atoms with van der Waals surface area (Å²) in [5.41, 5.74) is 0.881. The molecule has 0 spiro atoms. The summed E-state index contributed by atoms with van der Waals surface area (Å²) < 4.78 is 0. The Morgan fingerprint density at radius 1 is 1.33 bits per heavy atom. The number of carboxylic acid groups (broad SMARTS) is 1. The molecule has 0 aliphatic heterocycles. The highest BCUT2D eigenvalue weighted by molar-refractivity contribution is 6.30. The zero-order valence-corrected chi connectivity index (χ0v) is 11.1. The number of nitrogens with one attached hydrogen (secondary N) is 1. The van der Waals surface area contributed by atoms with E-state index in [1.807, 2.05) is 6.07 Å². The van der Waals surface area contributed by atoms with Crippen LogP contribution in [0.2, 0.25) is 5.02 Å². The highest BCUT2D eigenvalue weighted by atomic mass is 35.5. The van der Waals surface area contributed by atoms with Crippen molar-refractivity contribution in [2.75, 3.05) is 0 Å². The molecule has 0 aliphatic carbocycles. The fraction of sp³-hybridized carbons (Fsp3) is 0.385. The van der Waals surface area contributed by atoms with Gasteiger partial charge >= 0.3 is 5.97 Å². The monoisotopic (exact) mass is 269 g/mol. The third-order valence-electron chi connectivity index (χ3n) is 2.91. The van der Waals surface area contributed by atoms with Gasteiger partial charge in [0.05, 0.1) is 5.92 Å². The predicted molar refractivity (Wildman–Crippen MR) is 69.3 cm³/mol. The number of halogens is 1. The third kappa shape index (κ3) is 4.04. The van der Waals surface area contributed by atoms with Crippen molar-refractivity contribution in [3.8, 4) is 0 Å². The van der Waals surface area contributed by atoms with E-state index in [-0.39, 0.29) is 5.91 Å². The summed E-state index contributed by atoms with van der Waals surface area (Å²) >= 11 is 5.82. The minimum Gasteiger partial charge on any atom is -0.481 e. The summed E-state index contributed by atoms with van der Waals surface area (Å²) in [6, 6.07) is 7.15. The maximum absolute atomic E-state index is 11.7. The van der Waals surface area contributed by atoms with Crippen molar-refractivity contribution >= 4 is 23.5 Å². The predicted octanol–water partition coefficient (Wildman–Crippen LogP) is 2.31. The molecule has 2 atom stereocenters. The molecule has 0 aromatic heterocycles. The molecule has 0 heterocycles. The molecule has 1 aromatic rings. The van der Waals surface area contributed by atoms with Gasteiger partial charge in [-0.2, -0.15) is 0 Å². The van der Waals surface area contributed by atoms with Gasteiger partial charge in [0.2, 0.25) is 5.91 Å². The van der Waals surface area contributed by atoms with Crippen LogP contribution in [-0.4, -0.2) is 17.0 Å². The first kappa shape index (κ1) is 14.5. The molecule has 4 nitrogen and oxygen atoms in total. The standard InChI is InChI=1S/C13H16ClNO3/c1-8(9(2)13(17)18)12(16)15-7-10-4-3-5-11(14)6-10/h3-6,8-9H,7H2,1-2H3,(H,15,16)(H,17,18). The van der Waals surface area contributed by atoms with Crippen LogP contribution >= 0.6 is 11.6 Å². The van der Waals surface area contributed by atoms with E-state index in [2.05, 4.69) is 5.32 Å². The van der Waals surface area contributed by atoms with E-state index < -0.39 is 17.8 Å². The van der Waals surface area contributed by atoms with Crippen molar-refractivity contribution in [1.82, 2.24) is 5.32 Å². The van der Waals surface area contributed by atoms with Crippen LogP contribution in [0.5, 0.6) is 0 Å². The van der Waals surface area contributed by atoms with Crippen LogP contribution in [0.4, 0.5) is 0 Å². The van der Waals surface area contributed by atoms with Crippen molar-refractivity contribution in [2.45, 2.75) is 20.4 Å². The van der Waals surface area contributed by atoms with Crippen molar-refractivity contribution in [1.29, 1.82) is 0 Å². The van der Waals surface area contributed by atoms with E-state index in [4.69, 9.17) is 16.7 Å². The molecule has 1 amide bonds. The highest BCUT2D eigenvalue weighted by Gasteiger charge is 2.25. The number of benzene rings is 1. The van der Waals surface area contributed by atoms with E-state index in [0.29, 0.717) is 11.6 Å². The van der Waals surface area contributed by atoms with Gasteiger partial charge in [-0.15, -0.1) is 0 Å². The van der Waals surface area contributed by atoms with Crippen LogP contribution in [-0.2, 0) is 16.1 Å². The van der Waals surface area contributed by atoms with Crippen LogP contribution in [0.1, 0.15) is 19.4 Å². The topological polar surface area (TPSA) is 66.4 Å². The molecule has 2 N–H and O–H groups in total. The van der Waals surface area contributed by atoms with Gasteiger partial charge in [-0.3, -0.25) is 9.59 Å². The third-order valence-corrected chi connectivity index (χ3v) is 3.14. The summed E-state index contributed by atoms with van der Waals surface area (Å²) in [6.45, 7) is 3.47. The van der Waals surface area contributed by atoms with Crippen molar-refractivity contribution in [2.24, 2.45) is 11.8 Å². The zero-order chi connectivity index (χ0) is 13.7. The Balaban J connectivity index is 2.53. The lowest BCUT2D eigenvalue weighted by molar-refractivity contribution is -0.146. The molecular weight excluding hydrogens is 254 g/mol. The second-order valence-electron chi connectivity index (χ2n) is 4.26. The molecule has 98 valence electrons. The molecule has 0 saturated carbocycles. The summed E-state index contributed by atoms with van der Waals surface area (Å²) in [7, 11) is 0. The SMILES string of the molecule is CC(C(=O)O)C(C)C(=O)NCc1cccc(Cl)c1. The Kier molecular flexibility index (Phi) is 5.16. The summed E-state index contributed by atoms with van der Waals surface area (Å²) in [6.07, 6.45) is 0. The number of hydrogen-bond donors (Lipinski definition) is 2. The Hall–Kier alpha value is -1.55. The van der Waals surface area contributed by atoms with E-state index in [1.165, 1.54) is 6.92 Å². The quantitative estimate of drug-likeness (QED) is 0.862. The van der Waals surface area contributed by atoms with Crippen LogP contribution < -0.4 is 5.32 Å². The lowest BCUT2D eigenvalue weighted by Crippen LogP contribution is -2.34. The lowest BCUT2D eigenvalue weighted by Gasteiger charge is -2.15. The number of rotatable bonds is 5. The Bertz CT molecular complexity index is 448. The molecule has 0 aliphatic rings. The molecule has 0 saturated heterocycles. The minimum absolute atomic E-state index is 0.273. The Morgan fingerprint density at radius 3 is 2.56 bits per heavy atom.